The van der Waals surface area contributed by atoms with Crippen LogP contribution < -0.4 is 14.2 Å². The highest BCUT2D eigenvalue weighted by Crippen LogP contribution is 2.36. The Morgan fingerprint density at radius 1 is 0.864 bits per heavy atom. The zero-order valence-corrected chi connectivity index (χ0v) is 14.4. The number of rotatable bonds is 6. The van der Waals surface area contributed by atoms with Crippen LogP contribution in [0.2, 0.25) is 0 Å². The Bertz CT molecular complexity index is 655. The molecule has 5 heteroatoms. The highest BCUT2D eigenvalue weighted by Gasteiger charge is 2.11. The van der Waals surface area contributed by atoms with Gasteiger partial charge in [-0.15, -0.1) is 0 Å². The van der Waals surface area contributed by atoms with Gasteiger partial charge in [-0.25, -0.2) is 0 Å². The lowest BCUT2D eigenvalue weighted by atomic mass is 10.0. The van der Waals surface area contributed by atoms with Crippen molar-refractivity contribution >= 4 is 15.9 Å². The average Bonchev–Trinajstić information content (AvgIpc) is 2.52. The van der Waals surface area contributed by atoms with E-state index in [-0.39, 0.29) is 5.75 Å². The molecular formula is C17H19BrO4. The molecule has 0 aromatic heterocycles. The fourth-order valence-corrected chi connectivity index (χ4v) is 2.95. The number of halogens is 1. The Labute approximate surface area is 138 Å². The van der Waals surface area contributed by atoms with Gasteiger partial charge in [-0.3, -0.25) is 0 Å². The van der Waals surface area contributed by atoms with Gasteiger partial charge in [0.2, 0.25) is 0 Å². The lowest BCUT2D eigenvalue weighted by Crippen LogP contribution is -1.96. The zero-order chi connectivity index (χ0) is 16.1. The summed E-state index contributed by atoms with van der Waals surface area (Å²) >= 11 is 3.49. The molecule has 1 N–H and O–H groups in total. The molecule has 2 aromatic carbocycles. The second-order valence-electron chi connectivity index (χ2n) is 4.82. The van der Waals surface area contributed by atoms with Crippen LogP contribution in [0.25, 0.3) is 0 Å². The van der Waals surface area contributed by atoms with Crippen molar-refractivity contribution in [1.29, 1.82) is 0 Å². The monoisotopic (exact) mass is 366 g/mol. The van der Waals surface area contributed by atoms with Gasteiger partial charge in [0.15, 0.2) is 23.0 Å². The fraction of sp³-hybridized carbons (Fsp3) is 0.294. The number of methoxy groups -OCH3 is 3. The van der Waals surface area contributed by atoms with E-state index in [0.717, 1.165) is 28.4 Å². The first-order valence-corrected chi connectivity index (χ1v) is 7.64. The first-order valence-electron chi connectivity index (χ1n) is 6.85. The molecule has 0 unspecified atom stereocenters. The van der Waals surface area contributed by atoms with Crippen molar-refractivity contribution in [2.45, 2.75) is 12.8 Å². The number of phenolic OH excluding ortho intramolecular Hbond substituents is 1. The summed E-state index contributed by atoms with van der Waals surface area (Å²) in [7, 11) is 4.77. The van der Waals surface area contributed by atoms with Gasteiger partial charge in [0.05, 0.1) is 25.8 Å². The largest absolute Gasteiger partial charge is 0.504 e. The molecule has 0 aliphatic rings. The molecular weight excluding hydrogens is 348 g/mol. The Morgan fingerprint density at radius 2 is 1.55 bits per heavy atom. The third-order valence-corrected chi connectivity index (χ3v) is 4.03. The van der Waals surface area contributed by atoms with E-state index in [9.17, 15) is 5.11 Å². The average molecular weight is 367 g/mol. The van der Waals surface area contributed by atoms with Crippen molar-refractivity contribution < 1.29 is 19.3 Å². The number of aryl methyl sites for hydroxylation is 2. The van der Waals surface area contributed by atoms with Crippen LogP contribution in [0.1, 0.15) is 11.1 Å². The van der Waals surface area contributed by atoms with E-state index in [2.05, 4.69) is 15.9 Å². The fourth-order valence-electron chi connectivity index (χ4n) is 2.30. The SMILES string of the molecule is COc1ccc(CCc2cc(Br)c(OC)c(OC)c2)cc1O. The van der Waals surface area contributed by atoms with Crippen molar-refractivity contribution in [1.82, 2.24) is 0 Å². The van der Waals surface area contributed by atoms with Crippen molar-refractivity contribution in [3.05, 3.63) is 45.9 Å². The lowest BCUT2D eigenvalue weighted by molar-refractivity contribution is 0.352. The molecule has 4 nitrogen and oxygen atoms in total. The Kier molecular flexibility index (Phi) is 5.55. The minimum Gasteiger partial charge on any atom is -0.504 e. The van der Waals surface area contributed by atoms with Crippen molar-refractivity contribution in [3.63, 3.8) is 0 Å². The van der Waals surface area contributed by atoms with Crippen LogP contribution in [0.3, 0.4) is 0 Å². The summed E-state index contributed by atoms with van der Waals surface area (Å²) in [6, 6.07) is 9.44. The molecule has 0 fully saturated rings. The van der Waals surface area contributed by atoms with Gasteiger partial charge < -0.3 is 19.3 Å². The van der Waals surface area contributed by atoms with Gasteiger partial charge in [-0.1, -0.05) is 6.07 Å². The standard InChI is InChI=1S/C17H19BrO4/c1-20-15-7-6-11(9-14(15)19)4-5-12-8-13(18)17(22-3)16(10-12)21-2/h6-10,19H,4-5H2,1-3H3. The summed E-state index contributed by atoms with van der Waals surface area (Å²) in [5.74, 6) is 2.03. The molecule has 118 valence electrons. The summed E-state index contributed by atoms with van der Waals surface area (Å²) in [5.41, 5.74) is 2.17. The maximum atomic E-state index is 9.81. The van der Waals surface area contributed by atoms with Crippen LogP contribution in [0.5, 0.6) is 23.0 Å². The first kappa shape index (κ1) is 16.5. The van der Waals surface area contributed by atoms with Crippen molar-refractivity contribution in [2.75, 3.05) is 21.3 Å². The minimum atomic E-state index is 0.161. The Balaban J connectivity index is 2.14. The van der Waals surface area contributed by atoms with Crippen LogP contribution in [0.15, 0.2) is 34.8 Å². The molecule has 0 aliphatic carbocycles. The van der Waals surface area contributed by atoms with Crippen LogP contribution in [0.4, 0.5) is 0 Å². The molecule has 22 heavy (non-hydrogen) atoms. The summed E-state index contributed by atoms with van der Waals surface area (Å²) in [5, 5.41) is 9.81. The van der Waals surface area contributed by atoms with Gasteiger partial charge in [0, 0.05) is 0 Å². The second-order valence-corrected chi connectivity index (χ2v) is 5.67. The Morgan fingerprint density at radius 3 is 2.14 bits per heavy atom. The number of aromatic hydroxyl groups is 1. The summed E-state index contributed by atoms with van der Waals surface area (Å²) in [4.78, 5) is 0. The molecule has 0 saturated heterocycles. The van der Waals surface area contributed by atoms with Crippen LogP contribution in [-0.4, -0.2) is 26.4 Å². The molecule has 0 bridgehead atoms. The van der Waals surface area contributed by atoms with Gasteiger partial charge in [-0.2, -0.15) is 0 Å². The summed E-state index contributed by atoms with van der Waals surface area (Å²) in [6.45, 7) is 0. The number of benzene rings is 2. The Hall–Kier alpha value is -1.88. The molecule has 0 heterocycles. The van der Waals surface area contributed by atoms with Crippen LogP contribution in [-0.2, 0) is 12.8 Å². The molecule has 0 radical (unpaired) electrons. The van der Waals surface area contributed by atoms with Gasteiger partial charge in [0.1, 0.15) is 0 Å². The number of hydrogen-bond donors (Lipinski definition) is 1. The normalized spacial score (nSPS) is 10.4. The molecule has 0 spiro atoms. The lowest BCUT2D eigenvalue weighted by Gasteiger charge is -2.12. The van der Waals surface area contributed by atoms with Crippen molar-refractivity contribution in [2.24, 2.45) is 0 Å². The van der Waals surface area contributed by atoms with Gasteiger partial charge in [-0.05, 0) is 64.2 Å². The van der Waals surface area contributed by atoms with E-state index in [4.69, 9.17) is 14.2 Å². The van der Waals surface area contributed by atoms with Gasteiger partial charge >= 0.3 is 0 Å². The predicted octanol–water partition coefficient (Wildman–Crippen LogP) is 3.97. The van der Waals surface area contributed by atoms with Gasteiger partial charge in [0.25, 0.3) is 0 Å². The highest BCUT2D eigenvalue weighted by molar-refractivity contribution is 9.10. The number of ether oxygens (including phenoxy) is 3. The van der Waals surface area contributed by atoms with Crippen LogP contribution >= 0.6 is 15.9 Å². The second kappa shape index (κ2) is 7.40. The quantitative estimate of drug-likeness (QED) is 0.840. The van der Waals surface area contributed by atoms with E-state index >= 15 is 0 Å². The van der Waals surface area contributed by atoms with E-state index in [1.807, 2.05) is 18.2 Å². The summed E-state index contributed by atoms with van der Waals surface area (Å²) in [6.07, 6.45) is 1.63. The molecule has 0 aliphatic heterocycles. The maximum Gasteiger partial charge on any atom is 0.174 e. The van der Waals surface area contributed by atoms with Crippen LogP contribution in [0, 0.1) is 0 Å². The first-order chi connectivity index (χ1) is 10.6. The smallest absolute Gasteiger partial charge is 0.174 e. The molecule has 0 amide bonds. The van der Waals surface area contributed by atoms with E-state index in [0.29, 0.717) is 17.2 Å². The number of hydrogen-bond acceptors (Lipinski definition) is 4. The summed E-state index contributed by atoms with van der Waals surface area (Å²) < 4.78 is 16.6. The minimum absolute atomic E-state index is 0.161. The maximum absolute atomic E-state index is 9.81. The van der Waals surface area contributed by atoms with E-state index in [1.165, 1.54) is 7.11 Å². The predicted molar refractivity (Wildman–Crippen MR) is 89.3 cm³/mol. The molecule has 2 aromatic rings. The molecule has 0 atom stereocenters. The highest BCUT2D eigenvalue weighted by atomic mass is 79.9. The zero-order valence-electron chi connectivity index (χ0n) is 12.9. The van der Waals surface area contributed by atoms with E-state index in [1.54, 1.807) is 26.4 Å². The third kappa shape index (κ3) is 3.65. The molecule has 0 saturated carbocycles. The topological polar surface area (TPSA) is 47.9 Å². The number of phenols is 1. The van der Waals surface area contributed by atoms with E-state index < -0.39 is 0 Å². The molecule has 2 rings (SSSR count). The van der Waals surface area contributed by atoms with Crippen molar-refractivity contribution in [3.8, 4) is 23.0 Å². The third-order valence-electron chi connectivity index (χ3n) is 3.44.